The first-order valence-corrected chi connectivity index (χ1v) is 8.82. The molecule has 138 valence electrons. The van der Waals surface area contributed by atoms with Gasteiger partial charge in [-0.1, -0.05) is 0 Å². The van der Waals surface area contributed by atoms with Crippen molar-refractivity contribution in [1.82, 2.24) is 4.72 Å². The number of carbonyl (C=O) groups excluding carboxylic acids is 2. The summed E-state index contributed by atoms with van der Waals surface area (Å²) >= 11 is 0. The van der Waals surface area contributed by atoms with E-state index in [0.29, 0.717) is 17.8 Å². The first-order valence-electron chi connectivity index (χ1n) is 7.33. The molecule has 0 aliphatic rings. The Morgan fingerprint density at radius 1 is 1.00 bits per heavy atom. The lowest BCUT2D eigenvalue weighted by molar-refractivity contribution is -0.116. The molecule has 0 aliphatic carbocycles. The summed E-state index contributed by atoms with van der Waals surface area (Å²) in [7, 11) is -4.07. The SMILES string of the molecule is NC(=O)c1ccc(NC(=O)CCNS(=O)(=O)c2ccc(F)c(F)c2)cc1. The van der Waals surface area contributed by atoms with Crippen molar-refractivity contribution in [2.75, 3.05) is 11.9 Å². The fourth-order valence-corrected chi connectivity index (χ4v) is 3.01. The van der Waals surface area contributed by atoms with E-state index in [4.69, 9.17) is 5.73 Å². The number of anilines is 1. The molecule has 0 saturated heterocycles. The Hall–Kier alpha value is -2.85. The Bertz CT molecular complexity index is 931. The van der Waals surface area contributed by atoms with Gasteiger partial charge in [-0.05, 0) is 42.5 Å². The molecule has 0 spiro atoms. The van der Waals surface area contributed by atoms with Gasteiger partial charge in [0.2, 0.25) is 21.8 Å². The van der Waals surface area contributed by atoms with Crippen molar-refractivity contribution in [1.29, 1.82) is 0 Å². The zero-order chi connectivity index (χ0) is 19.3. The maximum Gasteiger partial charge on any atom is 0.248 e. The molecular formula is C16H15F2N3O4S. The molecule has 2 aromatic rings. The number of amides is 2. The number of benzene rings is 2. The van der Waals surface area contributed by atoms with Crippen LogP contribution in [-0.4, -0.2) is 26.8 Å². The molecule has 0 radical (unpaired) electrons. The Kier molecular flexibility index (Phi) is 6.01. The van der Waals surface area contributed by atoms with Crippen molar-refractivity contribution < 1.29 is 26.8 Å². The second-order valence-corrected chi connectivity index (χ2v) is 6.98. The zero-order valence-electron chi connectivity index (χ0n) is 13.3. The van der Waals surface area contributed by atoms with Gasteiger partial charge < -0.3 is 11.1 Å². The average Bonchev–Trinajstić information content (AvgIpc) is 2.57. The van der Waals surface area contributed by atoms with Crippen molar-refractivity contribution in [3.8, 4) is 0 Å². The largest absolute Gasteiger partial charge is 0.366 e. The lowest BCUT2D eigenvalue weighted by Crippen LogP contribution is -2.28. The van der Waals surface area contributed by atoms with E-state index in [1.54, 1.807) is 0 Å². The van der Waals surface area contributed by atoms with Crippen LogP contribution in [0.4, 0.5) is 14.5 Å². The summed E-state index contributed by atoms with van der Waals surface area (Å²) in [6.45, 7) is -0.244. The maximum atomic E-state index is 13.1. The number of carbonyl (C=O) groups is 2. The standard InChI is InChI=1S/C16H15F2N3O4S/c17-13-6-5-12(9-14(13)18)26(24,25)20-8-7-15(22)21-11-3-1-10(2-4-11)16(19)23/h1-6,9,20H,7-8H2,(H2,19,23)(H,21,22). The van der Waals surface area contributed by atoms with Crippen molar-refractivity contribution in [2.24, 2.45) is 5.73 Å². The van der Waals surface area contributed by atoms with Crippen LogP contribution in [0.15, 0.2) is 47.4 Å². The van der Waals surface area contributed by atoms with Crippen LogP contribution in [0.1, 0.15) is 16.8 Å². The Balaban J connectivity index is 1.88. The molecular weight excluding hydrogens is 368 g/mol. The van der Waals surface area contributed by atoms with Crippen LogP contribution in [0.3, 0.4) is 0 Å². The van der Waals surface area contributed by atoms with E-state index < -0.39 is 38.4 Å². The third-order valence-corrected chi connectivity index (χ3v) is 4.76. The van der Waals surface area contributed by atoms with Gasteiger partial charge in [0.15, 0.2) is 11.6 Å². The predicted octanol–water partition coefficient (Wildman–Crippen LogP) is 1.37. The highest BCUT2D eigenvalue weighted by molar-refractivity contribution is 7.89. The lowest BCUT2D eigenvalue weighted by Gasteiger charge is -2.08. The van der Waals surface area contributed by atoms with Crippen LogP contribution in [0.25, 0.3) is 0 Å². The van der Waals surface area contributed by atoms with Gasteiger partial charge in [-0.2, -0.15) is 0 Å². The van der Waals surface area contributed by atoms with E-state index in [-0.39, 0.29) is 18.5 Å². The molecule has 0 saturated carbocycles. The summed E-state index contributed by atoms with van der Waals surface area (Å²) in [5.74, 6) is -3.53. The molecule has 7 nitrogen and oxygen atoms in total. The summed E-state index contributed by atoms with van der Waals surface area (Å²) in [5.41, 5.74) is 5.79. The van der Waals surface area contributed by atoms with Gasteiger partial charge in [0.25, 0.3) is 0 Å². The van der Waals surface area contributed by atoms with E-state index in [1.807, 2.05) is 0 Å². The van der Waals surface area contributed by atoms with E-state index >= 15 is 0 Å². The molecule has 0 aromatic heterocycles. The Morgan fingerprint density at radius 3 is 2.23 bits per heavy atom. The van der Waals surface area contributed by atoms with Gasteiger partial charge in [-0.15, -0.1) is 0 Å². The molecule has 0 heterocycles. The number of hydrogen-bond acceptors (Lipinski definition) is 4. The minimum Gasteiger partial charge on any atom is -0.366 e. The van der Waals surface area contributed by atoms with Gasteiger partial charge in [-0.25, -0.2) is 21.9 Å². The van der Waals surface area contributed by atoms with Crippen molar-refractivity contribution in [3.63, 3.8) is 0 Å². The molecule has 10 heteroatoms. The second-order valence-electron chi connectivity index (χ2n) is 5.21. The highest BCUT2D eigenvalue weighted by atomic mass is 32.2. The number of sulfonamides is 1. The molecule has 26 heavy (non-hydrogen) atoms. The van der Waals surface area contributed by atoms with Crippen LogP contribution in [0.5, 0.6) is 0 Å². The number of halogens is 2. The molecule has 0 bridgehead atoms. The van der Waals surface area contributed by atoms with E-state index in [2.05, 4.69) is 10.0 Å². The molecule has 0 fully saturated rings. The van der Waals surface area contributed by atoms with E-state index in [1.165, 1.54) is 24.3 Å². The fraction of sp³-hybridized carbons (Fsp3) is 0.125. The number of rotatable bonds is 7. The van der Waals surface area contributed by atoms with Crippen molar-refractivity contribution in [3.05, 3.63) is 59.7 Å². The number of nitrogens with two attached hydrogens (primary N) is 1. The molecule has 2 rings (SSSR count). The van der Waals surface area contributed by atoms with E-state index in [0.717, 1.165) is 6.07 Å². The highest BCUT2D eigenvalue weighted by Crippen LogP contribution is 2.14. The normalized spacial score (nSPS) is 11.2. The topological polar surface area (TPSA) is 118 Å². The predicted molar refractivity (Wildman–Crippen MR) is 89.8 cm³/mol. The Morgan fingerprint density at radius 2 is 1.65 bits per heavy atom. The summed E-state index contributed by atoms with van der Waals surface area (Å²) < 4.78 is 52.0. The second kappa shape index (κ2) is 8.02. The minimum atomic E-state index is -4.07. The third kappa shape index (κ3) is 5.07. The first-order chi connectivity index (χ1) is 12.2. The molecule has 0 aliphatic heterocycles. The fourth-order valence-electron chi connectivity index (χ4n) is 1.97. The van der Waals surface area contributed by atoms with Gasteiger partial charge in [0, 0.05) is 24.2 Å². The summed E-state index contributed by atoms with van der Waals surface area (Å²) in [6, 6.07) is 7.99. The molecule has 0 unspecified atom stereocenters. The van der Waals surface area contributed by atoms with Gasteiger partial charge in [-0.3, -0.25) is 9.59 Å². The number of nitrogens with one attached hydrogen (secondary N) is 2. The molecule has 4 N–H and O–H groups in total. The van der Waals surface area contributed by atoms with Gasteiger partial charge in [0.1, 0.15) is 0 Å². The number of primary amides is 1. The average molecular weight is 383 g/mol. The monoisotopic (exact) mass is 383 g/mol. The number of hydrogen-bond donors (Lipinski definition) is 3. The van der Waals surface area contributed by atoms with Crippen LogP contribution in [0.2, 0.25) is 0 Å². The van der Waals surface area contributed by atoms with Crippen molar-refractivity contribution in [2.45, 2.75) is 11.3 Å². The first kappa shape index (κ1) is 19.5. The van der Waals surface area contributed by atoms with Crippen LogP contribution >= 0.6 is 0 Å². The molecule has 0 atom stereocenters. The van der Waals surface area contributed by atoms with Gasteiger partial charge >= 0.3 is 0 Å². The zero-order valence-corrected chi connectivity index (χ0v) is 14.1. The summed E-state index contributed by atoms with van der Waals surface area (Å²) in [4.78, 5) is 22.3. The summed E-state index contributed by atoms with van der Waals surface area (Å²) in [6.07, 6.45) is -0.194. The lowest BCUT2D eigenvalue weighted by atomic mass is 10.2. The van der Waals surface area contributed by atoms with Crippen LogP contribution in [-0.2, 0) is 14.8 Å². The highest BCUT2D eigenvalue weighted by Gasteiger charge is 2.16. The van der Waals surface area contributed by atoms with Crippen molar-refractivity contribution >= 4 is 27.5 Å². The quantitative estimate of drug-likeness (QED) is 0.669. The van der Waals surface area contributed by atoms with Crippen LogP contribution < -0.4 is 15.8 Å². The minimum absolute atomic E-state index is 0.194. The van der Waals surface area contributed by atoms with Gasteiger partial charge in [0.05, 0.1) is 4.90 Å². The molecule has 2 amide bonds. The maximum absolute atomic E-state index is 13.1. The summed E-state index contributed by atoms with van der Waals surface area (Å²) in [5, 5.41) is 2.52. The van der Waals surface area contributed by atoms with Crippen LogP contribution in [0, 0.1) is 11.6 Å². The Labute approximate surface area is 148 Å². The molecule has 2 aromatic carbocycles. The van der Waals surface area contributed by atoms with E-state index in [9.17, 15) is 26.8 Å². The third-order valence-electron chi connectivity index (χ3n) is 3.30. The smallest absolute Gasteiger partial charge is 0.248 e.